The average molecular weight is 410 g/mol. The van der Waals surface area contributed by atoms with E-state index in [4.69, 9.17) is 5.73 Å². The first-order valence-electron chi connectivity index (χ1n) is 8.05. The van der Waals surface area contributed by atoms with Gasteiger partial charge in [-0.1, -0.05) is 12.1 Å². The molecule has 1 heterocycles. The zero-order valence-electron chi connectivity index (χ0n) is 15.1. The number of pyridine rings is 1. The third-order valence-corrected chi connectivity index (χ3v) is 3.85. The van der Waals surface area contributed by atoms with Crippen molar-refractivity contribution in [1.29, 1.82) is 0 Å². The number of carbonyl (C=O) groups is 2. The van der Waals surface area contributed by atoms with Crippen LogP contribution in [0.4, 0.5) is 14.5 Å². The summed E-state index contributed by atoms with van der Waals surface area (Å²) in [6, 6.07) is 6.32. The van der Waals surface area contributed by atoms with E-state index in [1.807, 2.05) is 0 Å². The van der Waals surface area contributed by atoms with E-state index in [0.29, 0.717) is 5.56 Å². The Balaban J connectivity index is 2.16. The van der Waals surface area contributed by atoms with Crippen molar-refractivity contribution in [2.45, 2.75) is 19.7 Å². The number of halogens is 2. The number of primary amides is 1. The molecule has 1 aromatic carbocycles. The van der Waals surface area contributed by atoms with E-state index in [2.05, 4.69) is 4.74 Å². The Morgan fingerprint density at radius 2 is 1.93 bits per heavy atom. The molecule has 0 aliphatic rings. The second-order valence-electron chi connectivity index (χ2n) is 5.94. The molecule has 0 saturated heterocycles. The van der Waals surface area contributed by atoms with E-state index < -0.39 is 46.7 Å². The van der Waals surface area contributed by atoms with Crippen LogP contribution in [0, 0.1) is 10.1 Å². The number of rotatable bonds is 8. The van der Waals surface area contributed by atoms with Gasteiger partial charge in [0.2, 0.25) is 5.91 Å². The van der Waals surface area contributed by atoms with Gasteiger partial charge in [0.05, 0.1) is 11.1 Å². The van der Waals surface area contributed by atoms with Gasteiger partial charge in [0.1, 0.15) is 17.9 Å². The number of benzene rings is 1. The summed E-state index contributed by atoms with van der Waals surface area (Å²) < 4.78 is 29.3. The summed E-state index contributed by atoms with van der Waals surface area (Å²) in [6.07, 6.45) is 0.844. The second kappa shape index (κ2) is 8.91. The summed E-state index contributed by atoms with van der Waals surface area (Å²) in [5.41, 5.74) is 3.54. The number of likely N-dealkylation sites (N-methyl/N-ethyl adjacent to an activating group) is 1. The molecule has 1 aromatic heterocycles. The Bertz CT molecular complexity index is 990. The van der Waals surface area contributed by atoms with Gasteiger partial charge >= 0.3 is 6.61 Å². The number of nitro groups is 1. The molecule has 0 bridgehead atoms. The number of nitrogens with two attached hydrogens (primary N) is 1. The van der Waals surface area contributed by atoms with E-state index in [0.717, 1.165) is 16.8 Å². The number of amides is 2. The van der Waals surface area contributed by atoms with Crippen LogP contribution < -0.4 is 16.0 Å². The van der Waals surface area contributed by atoms with E-state index in [1.165, 1.54) is 36.2 Å². The van der Waals surface area contributed by atoms with Crippen molar-refractivity contribution < 1.29 is 28.0 Å². The van der Waals surface area contributed by atoms with E-state index in [9.17, 15) is 33.3 Å². The summed E-state index contributed by atoms with van der Waals surface area (Å²) in [5.74, 6) is -1.78. The van der Waals surface area contributed by atoms with Crippen LogP contribution in [0.2, 0.25) is 0 Å². The molecule has 2 amide bonds. The number of hydrogen-bond acceptors (Lipinski definition) is 6. The molecule has 0 atom stereocenters. The van der Waals surface area contributed by atoms with Crippen molar-refractivity contribution in [3.8, 4) is 5.75 Å². The Morgan fingerprint density at radius 1 is 1.31 bits per heavy atom. The summed E-state index contributed by atoms with van der Waals surface area (Å²) in [5, 5.41) is 11.0. The largest absolute Gasteiger partial charge is 0.435 e. The lowest BCUT2D eigenvalue weighted by molar-refractivity contribution is -0.385. The molecule has 0 saturated carbocycles. The van der Waals surface area contributed by atoms with Crippen LogP contribution in [0.3, 0.4) is 0 Å². The molecule has 12 heteroatoms. The first-order valence-corrected chi connectivity index (χ1v) is 8.05. The van der Waals surface area contributed by atoms with Gasteiger partial charge < -0.3 is 15.4 Å². The zero-order valence-corrected chi connectivity index (χ0v) is 15.1. The van der Waals surface area contributed by atoms with Gasteiger partial charge in [0, 0.05) is 19.7 Å². The van der Waals surface area contributed by atoms with Crippen LogP contribution in [-0.4, -0.2) is 39.9 Å². The molecule has 0 radical (unpaired) electrons. The Hall–Kier alpha value is -3.83. The summed E-state index contributed by atoms with van der Waals surface area (Å²) in [7, 11) is 1.42. The molecule has 0 aliphatic carbocycles. The van der Waals surface area contributed by atoms with Gasteiger partial charge in [0.25, 0.3) is 17.2 Å². The molecule has 154 valence electrons. The molecule has 0 unspecified atom stereocenters. The minimum absolute atomic E-state index is 0.0418. The van der Waals surface area contributed by atoms with Crippen LogP contribution in [0.1, 0.15) is 15.9 Å². The summed E-state index contributed by atoms with van der Waals surface area (Å²) in [6.45, 7) is -3.45. The quantitative estimate of drug-likeness (QED) is 0.511. The smallest absolute Gasteiger partial charge is 0.387 e. The van der Waals surface area contributed by atoms with Crippen LogP contribution in [0.5, 0.6) is 5.75 Å². The molecule has 2 N–H and O–H groups in total. The SMILES string of the molecule is CN(Cc1ccc(OC(F)F)cc1)C(=O)Cn1cc([N+](=O)[O-])cc(C(N)=O)c1=O. The monoisotopic (exact) mass is 410 g/mol. The Kier molecular flexibility index (Phi) is 6.59. The Labute approximate surface area is 162 Å². The lowest BCUT2D eigenvalue weighted by atomic mass is 10.2. The highest BCUT2D eigenvalue weighted by Gasteiger charge is 2.20. The first-order chi connectivity index (χ1) is 13.6. The highest BCUT2D eigenvalue weighted by molar-refractivity contribution is 5.93. The van der Waals surface area contributed by atoms with Gasteiger partial charge in [-0.3, -0.25) is 29.1 Å². The minimum Gasteiger partial charge on any atom is -0.435 e. The fourth-order valence-corrected chi connectivity index (χ4v) is 2.42. The van der Waals surface area contributed by atoms with Crippen molar-refractivity contribution in [2.75, 3.05) is 7.05 Å². The van der Waals surface area contributed by atoms with Gasteiger partial charge in [-0.15, -0.1) is 0 Å². The van der Waals surface area contributed by atoms with E-state index >= 15 is 0 Å². The van der Waals surface area contributed by atoms with Gasteiger partial charge in [-0.2, -0.15) is 8.78 Å². The maximum atomic E-state index is 12.4. The highest BCUT2D eigenvalue weighted by atomic mass is 19.3. The van der Waals surface area contributed by atoms with Crippen LogP contribution in [0.15, 0.2) is 41.3 Å². The normalized spacial score (nSPS) is 10.6. The number of carbonyl (C=O) groups excluding carboxylic acids is 2. The maximum absolute atomic E-state index is 12.4. The van der Waals surface area contributed by atoms with Crippen LogP contribution in [0.25, 0.3) is 0 Å². The minimum atomic E-state index is -2.95. The van der Waals surface area contributed by atoms with Crippen molar-refractivity contribution in [3.63, 3.8) is 0 Å². The Morgan fingerprint density at radius 3 is 2.45 bits per heavy atom. The lowest BCUT2D eigenvalue weighted by Crippen LogP contribution is -2.36. The number of hydrogen-bond donors (Lipinski definition) is 1. The van der Waals surface area contributed by atoms with Crippen LogP contribution in [-0.2, 0) is 17.9 Å². The topological polar surface area (TPSA) is 138 Å². The van der Waals surface area contributed by atoms with Crippen molar-refractivity contribution in [1.82, 2.24) is 9.47 Å². The molecule has 29 heavy (non-hydrogen) atoms. The number of nitrogens with zero attached hydrogens (tertiary/aromatic N) is 3. The molecule has 10 nitrogen and oxygen atoms in total. The third kappa shape index (κ3) is 5.57. The highest BCUT2D eigenvalue weighted by Crippen LogP contribution is 2.16. The van der Waals surface area contributed by atoms with E-state index in [1.54, 1.807) is 0 Å². The second-order valence-corrected chi connectivity index (χ2v) is 5.94. The molecule has 2 aromatic rings. The third-order valence-electron chi connectivity index (χ3n) is 3.85. The molecule has 0 spiro atoms. The predicted molar refractivity (Wildman–Crippen MR) is 95.4 cm³/mol. The standard InChI is InChI=1S/C17H16F2N4O6/c1-21(7-10-2-4-12(5-3-10)29-17(18)19)14(24)9-22-8-11(23(27)28)6-13(15(20)25)16(22)26/h2-6,8,17H,7,9H2,1H3,(H2,20,25). The number of aromatic nitrogens is 1. The van der Waals surface area contributed by atoms with Gasteiger partial charge in [-0.05, 0) is 17.7 Å². The fourth-order valence-electron chi connectivity index (χ4n) is 2.42. The molecule has 0 fully saturated rings. The first kappa shape index (κ1) is 21.5. The fraction of sp³-hybridized carbons (Fsp3) is 0.235. The summed E-state index contributed by atoms with van der Waals surface area (Å²) >= 11 is 0. The molecular formula is C17H16F2N4O6. The number of alkyl halides is 2. The molecule has 0 aliphatic heterocycles. The molecule has 2 rings (SSSR count). The van der Waals surface area contributed by atoms with Crippen molar-refractivity contribution in [3.05, 3.63) is 68.1 Å². The zero-order chi connectivity index (χ0) is 21.7. The number of ether oxygens (including phenoxy) is 1. The van der Waals surface area contributed by atoms with Gasteiger partial charge in [0.15, 0.2) is 0 Å². The van der Waals surface area contributed by atoms with E-state index in [-0.39, 0.29) is 12.3 Å². The van der Waals surface area contributed by atoms with Crippen LogP contribution >= 0.6 is 0 Å². The average Bonchev–Trinajstić information content (AvgIpc) is 2.63. The van der Waals surface area contributed by atoms with Crippen molar-refractivity contribution >= 4 is 17.5 Å². The predicted octanol–water partition coefficient (Wildman–Crippen LogP) is 1.12. The lowest BCUT2D eigenvalue weighted by Gasteiger charge is -2.18. The van der Waals surface area contributed by atoms with Gasteiger partial charge in [-0.25, -0.2) is 0 Å². The maximum Gasteiger partial charge on any atom is 0.387 e. The molecular weight excluding hydrogens is 394 g/mol. The van der Waals surface area contributed by atoms with Crippen molar-refractivity contribution in [2.24, 2.45) is 5.73 Å². The summed E-state index contributed by atoms with van der Waals surface area (Å²) in [4.78, 5) is 47.3.